The Hall–Kier alpha value is -2.80. The van der Waals surface area contributed by atoms with Crippen molar-refractivity contribution in [2.24, 2.45) is 16.1 Å². The second-order valence-corrected chi connectivity index (χ2v) is 8.16. The quantitative estimate of drug-likeness (QED) is 0.819. The van der Waals surface area contributed by atoms with Gasteiger partial charge in [-0.05, 0) is 53.9 Å². The lowest BCUT2D eigenvalue weighted by atomic mass is 9.60. The lowest BCUT2D eigenvalue weighted by molar-refractivity contribution is -0.133. The highest BCUT2D eigenvalue weighted by molar-refractivity contribution is 6.07. The van der Waals surface area contributed by atoms with Gasteiger partial charge in [0, 0.05) is 38.2 Å². The number of guanidine groups is 1. The van der Waals surface area contributed by atoms with Crippen molar-refractivity contribution >= 4 is 11.9 Å². The fourth-order valence-corrected chi connectivity index (χ4v) is 5.00. The van der Waals surface area contributed by atoms with Crippen molar-refractivity contribution in [3.8, 4) is 11.1 Å². The van der Waals surface area contributed by atoms with Gasteiger partial charge in [0.05, 0.1) is 0 Å². The molecule has 144 valence electrons. The molecule has 5 rings (SSSR count). The van der Waals surface area contributed by atoms with E-state index in [2.05, 4.69) is 28.2 Å². The summed E-state index contributed by atoms with van der Waals surface area (Å²) in [5.74, 6) is 0.242. The highest BCUT2D eigenvalue weighted by atomic mass is 16.5. The predicted molar refractivity (Wildman–Crippen MR) is 104 cm³/mol. The number of hydrogen-bond donors (Lipinski definition) is 1. The van der Waals surface area contributed by atoms with Gasteiger partial charge in [0.15, 0.2) is 11.5 Å². The lowest BCUT2D eigenvalue weighted by Crippen LogP contribution is -2.49. The molecule has 1 aromatic heterocycles. The van der Waals surface area contributed by atoms with Crippen LogP contribution in [0.3, 0.4) is 0 Å². The fourth-order valence-electron chi connectivity index (χ4n) is 5.00. The summed E-state index contributed by atoms with van der Waals surface area (Å²) in [6.45, 7) is 1.46. The molecular weight excluding hydrogens is 354 g/mol. The zero-order valence-corrected chi connectivity index (χ0v) is 15.9. The van der Waals surface area contributed by atoms with Gasteiger partial charge >= 0.3 is 0 Å². The maximum absolute atomic E-state index is 13.4. The van der Waals surface area contributed by atoms with Crippen LogP contribution >= 0.6 is 0 Å². The van der Waals surface area contributed by atoms with Crippen LogP contribution < -0.4 is 5.73 Å². The standard InChI is InChI=1S/C21H23N5O2/c1-26-18(27)21(25-19(26)22)12-20(4-6-28-7-5-20)9-15-3-2-14(8-17(15)21)16-10-23-13-24-11-16/h2-3,8,10-11,13H,4-7,9,12H2,1H3,(H2,22,25). The zero-order chi connectivity index (χ0) is 19.4. The van der Waals surface area contributed by atoms with Crippen molar-refractivity contribution in [2.45, 2.75) is 31.2 Å². The molecule has 3 heterocycles. The number of rotatable bonds is 1. The SMILES string of the molecule is CN1C(=O)C2(CC3(CCOCC3)Cc3ccc(-c4cncnc4)cc32)N=C1N. The van der Waals surface area contributed by atoms with E-state index in [9.17, 15) is 4.79 Å². The fraction of sp³-hybridized carbons (Fsp3) is 0.429. The Morgan fingerprint density at radius 3 is 2.57 bits per heavy atom. The average molecular weight is 377 g/mol. The molecule has 1 atom stereocenters. The molecule has 7 nitrogen and oxygen atoms in total. The van der Waals surface area contributed by atoms with E-state index in [0.717, 1.165) is 49.2 Å². The van der Waals surface area contributed by atoms with Crippen LogP contribution in [0.2, 0.25) is 0 Å². The molecule has 1 aliphatic carbocycles. The van der Waals surface area contributed by atoms with E-state index in [1.54, 1.807) is 19.4 Å². The zero-order valence-electron chi connectivity index (χ0n) is 15.9. The summed E-state index contributed by atoms with van der Waals surface area (Å²) in [4.78, 5) is 27.9. The van der Waals surface area contributed by atoms with E-state index in [1.807, 2.05) is 0 Å². The van der Waals surface area contributed by atoms with Crippen molar-refractivity contribution in [1.82, 2.24) is 14.9 Å². The van der Waals surface area contributed by atoms with E-state index < -0.39 is 5.54 Å². The molecule has 3 aliphatic rings. The third-order valence-corrected chi connectivity index (χ3v) is 6.51. The highest BCUT2D eigenvalue weighted by Crippen LogP contribution is 2.54. The van der Waals surface area contributed by atoms with E-state index in [1.165, 1.54) is 16.8 Å². The normalized spacial score (nSPS) is 25.8. The van der Waals surface area contributed by atoms with Gasteiger partial charge in [-0.25, -0.2) is 15.0 Å². The van der Waals surface area contributed by atoms with E-state index in [0.29, 0.717) is 6.42 Å². The van der Waals surface area contributed by atoms with Gasteiger partial charge in [-0.2, -0.15) is 0 Å². The number of aromatic nitrogens is 2. The molecule has 0 radical (unpaired) electrons. The van der Waals surface area contributed by atoms with Crippen LogP contribution in [0, 0.1) is 5.41 Å². The lowest BCUT2D eigenvalue weighted by Gasteiger charge is -2.47. The van der Waals surface area contributed by atoms with Crippen LogP contribution in [0.15, 0.2) is 41.9 Å². The minimum Gasteiger partial charge on any atom is -0.381 e. The summed E-state index contributed by atoms with van der Waals surface area (Å²) < 4.78 is 5.61. The Morgan fingerprint density at radius 1 is 1.14 bits per heavy atom. The molecule has 2 aliphatic heterocycles. The minimum atomic E-state index is -0.949. The number of benzene rings is 1. The van der Waals surface area contributed by atoms with Gasteiger partial charge in [-0.3, -0.25) is 9.69 Å². The molecule has 28 heavy (non-hydrogen) atoms. The van der Waals surface area contributed by atoms with E-state index in [4.69, 9.17) is 15.5 Å². The molecule has 1 unspecified atom stereocenters. The number of likely N-dealkylation sites (N-methyl/N-ethyl adjacent to an activating group) is 1. The smallest absolute Gasteiger partial charge is 0.261 e. The van der Waals surface area contributed by atoms with Crippen molar-refractivity contribution in [3.05, 3.63) is 48.0 Å². The van der Waals surface area contributed by atoms with Gasteiger partial charge < -0.3 is 10.5 Å². The largest absolute Gasteiger partial charge is 0.381 e. The highest BCUT2D eigenvalue weighted by Gasteiger charge is 2.56. The predicted octanol–water partition coefficient (Wildman–Crippen LogP) is 1.87. The second kappa shape index (κ2) is 6.10. The van der Waals surface area contributed by atoms with E-state index >= 15 is 0 Å². The van der Waals surface area contributed by atoms with Crippen molar-refractivity contribution in [3.63, 3.8) is 0 Å². The number of nitrogens with zero attached hydrogens (tertiary/aromatic N) is 4. The molecule has 2 N–H and O–H groups in total. The Kier molecular flexibility index (Phi) is 3.77. The third kappa shape index (κ3) is 2.46. The first-order valence-electron chi connectivity index (χ1n) is 9.63. The molecule has 0 bridgehead atoms. The van der Waals surface area contributed by atoms with Crippen LogP contribution in [-0.2, 0) is 21.5 Å². The van der Waals surface area contributed by atoms with Gasteiger partial charge in [0.1, 0.15) is 6.33 Å². The maximum atomic E-state index is 13.4. The van der Waals surface area contributed by atoms with Gasteiger partial charge in [-0.1, -0.05) is 12.1 Å². The summed E-state index contributed by atoms with van der Waals surface area (Å²) in [7, 11) is 1.70. The Labute approximate surface area is 163 Å². The number of nitrogens with two attached hydrogens (primary N) is 1. The molecule has 2 spiro atoms. The molecule has 1 fully saturated rings. The third-order valence-electron chi connectivity index (χ3n) is 6.51. The number of amides is 1. The van der Waals surface area contributed by atoms with Crippen molar-refractivity contribution in [2.75, 3.05) is 20.3 Å². The molecule has 1 aromatic carbocycles. The minimum absolute atomic E-state index is 0.0211. The number of aliphatic imine (C=N–C) groups is 1. The monoisotopic (exact) mass is 377 g/mol. The molecular formula is C21H23N5O2. The van der Waals surface area contributed by atoms with Gasteiger partial charge in [0.25, 0.3) is 5.91 Å². The first-order chi connectivity index (χ1) is 13.5. The van der Waals surface area contributed by atoms with Crippen LogP contribution in [0.4, 0.5) is 0 Å². The van der Waals surface area contributed by atoms with Crippen molar-refractivity contribution < 1.29 is 9.53 Å². The Balaban J connectivity index is 1.69. The summed E-state index contributed by atoms with van der Waals surface area (Å²) in [6.07, 6.45) is 8.57. The molecule has 7 heteroatoms. The molecule has 0 saturated carbocycles. The van der Waals surface area contributed by atoms with Crippen molar-refractivity contribution in [1.29, 1.82) is 0 Å². The topological polar surface area (TPSA) is 93.7 Å². The molecule has 2 aromatic rings. The Bertz CT molecular complexity index is 968. The second-order valence-electron chi connectivity index (χ2n) is 8.16. The molecule has 1 amide bonds. The van der Waals surface area contributed by atoms with Gasteiger partial charge in [0.2, 0.25) is 0 Å². The van der Waals surface area contributed by atoms with Crippen LogP contribution in [0.5, 0.6) is 0 Å². The van der Waals surface area contributed by atoms with Crippen LogP contribution in [0.1, 0.15) is 30.4 Å². The first-order valence-corrected chi connectivity index (χ1v) is 9.63. The number of fused-ring (bicyclic) bond motifs is 2. The number of carbonyl (C=O) groups is 1. The van der Waals surface area contributed by atoms with Crippen LogP contribution in [-0.4, -0.2) is 47.0 Å². The van der Waals surface area contributed by atoms with Crippen LogP contribution in [0.25, 0.3) is 11.1 Å². The van der Waals surface area contributed by atoms with E-state index in [-0.39, 0.29) is 17.3 Å². The average Bonchev–Trinajstić information content (AvgIpc) is 2.93. The number of hydrogen-bond acceptors (Lipinski definition) is 6. The summed E-state index contributed by atoms with van der Waals surface area (Å²) in [5.41, 5.74) is 9.22. The molecule has 1 saturated heterocycles. The van der Waals surface area contributed by atoms with Gasteiger partial charge in [-0.15, -0.1) is 0 Å². The number of carbonyl (C=O) groups excluding carboxylic acids is 1. The Morgan fingerprint density at radius 2 is 1.89 bits per heavy atom. The summed E-state index contributed by atoms with van der Waals surface area (Å²) >= 11 is 0. The number of ether oxygens (including phenoxy) is 1. The summed E-state index contributed by atoms with van der Waals surface area (Å²) in [6, 6.07) is 6.29. The first kappa shape index (κ1) is 17.3. The summed E-state index contributed by atoms with van der Waals surface area (Å²) in [5, 5.41) is 0. The maximum Gasteiger partial charge on any atom is 0.261 e.